The lowest BCUT2D eigenvalue weighted by molar-refractivity contribution is 0.310. The third kappa shape index (κ3) is 3.59. The first-order valence-electron chi connectivity index (χ1n) is 7.13. The number of anilines is 2. The van der Waals surface area contributed by atoms with E-state index in [1.165, 1.54) is 12.8 Å². The van der Waals surface area contributed by atoms with Crippen LogP contribution in [0.25, 0.3) is 0 Å². The first kappa shape index (κ1) is 14.6. The third-order valence-corrected chi connectivity index (χ3v) is 4.40. The molecule has 0 radical (unpaired) electrons. The van der Waals surface area contributed by atoms with Gasteiger partial charge in [-0.05, 0) is 47.5 Å². The molecule has 1 aliphatic heterocycles. The van der Waals surface area contributed by atoms with Crippen LogP contribution in [0.1, 0.15) is 33.6 Å². The van der Waals surface area contributed by atoms with Crippen molar-refractivity contribution in [2.45, 2.75) is 33.6 Å². The van der Waals surface area contributed by atoms with E-state index in [9.17, 15) is 0 Å². The Hall–Kier alpha value is -0.840. The van der Waals surface area contributed by atoms with Gasteiger partial charge in [0.15, 0.2) is 0 Å². The van der Waals surface area contributed by atoms with Crippen LogP contribution in [0.5, 0.6) is 0 Å². The summed E-state index contributed by atoms with van der Waals surface area (Å²) >= 11 is 3.57. The Labute approximate surface area is 124 Å². The topological polar surface area (TPSA) is 41.1 Å². The lowest BCUT2D eigenvalue weighted by Crippen LogP contribution is -2.36. The van der Waals surface area contributed by atoms with Crippen molar-refractivity contribution in [1.82, 2.24) is 9.97 Å². The van der Waals surface area contributed by atoms with Crippen molar-refractivity contribution in [2.75, 3.05) is 29.9 Å². The molecule has 106 valence electrons. The van der Waals surface area contributed by atoms with Crippen LogP contribution < -0.4 is 10.2 Å². The van der Waals surface area contributed by atoms with Crippen molar-refractivity contribution in [2.24, 2.45) is 11.8 Å². The number of rotatable bonds is 4. The van der Waals surface area contributed by atoms with E-state index in [1.54, 1.807) is 0 Å². The van der Waals surface area contributed by atoms with Gasteiger partial charge in [0.2, 0.25) is 5.95 Å². The van der Waals surface area contributed by atoms with Crippen LogP contribution in [0.4, 0.5) is 11.8 Å². The minimum absolute atomic E-state index is 0.715. The fraction of sp³-hybridized carbons (Fsp3) is 0.714. The van der Waals surface area contributed by atoms with Gasteiger partial charge < -0.3 is 10.2 Å². The molecule has 5 heteroatoms. The van der Waals surface area contributed by atoms with Crippen molar-refractivity contribution < 1.29 is 0 Å². The molecule has 0 spiro atoms. The van der Waals surface area contributed by atoms with Crippen LogP contribution in [0.2, 0.25) is 0 Å². The molecule has 1 aromatic rings. The molecule has 1 aliphatic rings. The number of halogens is 1. The molecule has 2 heterocycles. The summed E-state index contributed by atoms with van der Waals surface area (Å²) in [5.41, 5.74) is 0. The summed E-state index contributed by atoms with van der Waals surface area (Å²) in [5.74, 6) is 3.37. The Balaban J connectivity index is 2.08. The minimum atomic E-state index is 0.715. The molecule has 4 nitrogen and oxygen atoms in total. The van der Waals surface area contributed by atoms with Crippen LogP contribution in [0.3, 0.4) is 0 Å². The van der Waals surface area contributed by atoms with Crippen molar-refractivity contribution in [3.63, 3.8) is 0 Å². The van der Waals surface area contributed by atoms with Gasteiger partial charge >= 0.3 is 0 Å². The van der Waals surface area contributed by atoms with E-state index in [0.29, 0.717) is 5.95 Å². The quantitative estimate of drug-likeness (QED) is 0.918. The van der Waals surface area contributed by atoms with E-state index in [2.05, 4.69) is 56.9 Å². The SMILES string of the molecule is CCNc1ncc(Br)c(N2CCC(C(C)C)CC2)n1. The zero-order valence-corrected chi connectivity index (χ0v) is 13.6. The molecule has 19 heavy (non-hydrogen) atoms. The van der Waals surface area contributed by atoms with Crippen LogP contribution in [0.15, 0.2) is 10.7 Å². The lowest BCUT2D eigenvalue weighted by atomic mass is 9.87. The maximum Gasteiger partial charge on any atom is 0.224 e. The van der Waals surface area contributed by atoms with Crippen molar-refractivity contribution in [3.8, 4) is 0 Å². The number of nitrogens with one attached hydrogen (secondary N) is 1. The Morgan fingerprint density at radius 3 is 2.68 bits per heavy atom. The van der Waals surface area contributed by atoms with Crippen molar-refractivity contribution >= 4 is 27.7 Å². The second-order valence-electron chi connectivity index (χ2n) is 5.46. The van der Waals surface area contributed by atoms with Gasteiger partial charge in [0.25, 0.3) is 0 Å². The summed E-state index contributed by atoms with van der Waals surface area (Å²) in [5, 5.41) is 3.17. The normalized spacial score (nSPS) is 17.0. The largest absolute Gasteiger partial charge is 0.355 e. The molecule has 1 saturated heterocycles. The molecule has 1 fully saturated rings. The molecular weight excluding hydrogens is 304 g/mol. The molecule has 0 bridgehead atoms. The highest BCUT2D eigenvalue weighted by Gasteiger charge is 2.23. The van der Waals surface area contributed by atoms with Crippen molar-refractivity contribution in [1.29, 1.82) is 0 Å². The predicted molar refractivity (Wildman–Crippen MR) is 83.7 cm³/mol. The molecule has 0 aliphatic carbocycles. The third-order valence-electron chi connectivity index (χ3n) is 3.84. The zero-order valence-electron chi connectivity index (χ0n) is 12.0. The van der Waals surface area contributed by atoms with Gasteiger partial charge in [-0.25, -0.2) is 4.98 Å². The number of hydrogen-bond donors (Lipinski definition) is 1. The molecule has 1 N–H and O–H groups in total. The van der Waals surface area contributed by atoms with Gasteiger partial charge in [0.05, 0.1) is 4.47 Å². The Morgan fingerprint density at radius 1 is 1.42 bits per heavy atom. The second kappa shape index (κ2) is 6.55. The van der Waals surface area contributed by atoms with Gasteiger partial charge in [-0.3, -0.25) is 0 Å². The molecule has 0 amide bonds. The van der Waals surface area contributed by atoms with Crippen LogP contribution in [-0.2, 0) is 0 Å². The van der Waals surface area contributed by atoms with E-state index in [1.807, 2.05) is 6.20 Å². The summed E-state index contributed by atoms with van der Waals surface area (Å²) in [6.45, 7) is 9.72. The number of piperidine rings is 1. The lowest BCUT2D eigenvalue weighted by Gasteiger charge is -2.35. The molecule has 2 rings (SSSR count). The first-order valence-corrected chi connectivity index (χ1v) is 7.92. The molecular formula is C14H23BrN4. The Morgan fingerprint density at radius 2 is 2.11 bits per heavy atom. The monoisotopic (exact) mass is 326 g/mol. The first-order chi connectivity index (χ1) is 9.11. The molecule has 0 aromatic carbocycles. The molecule has 0 saturated carbocycles. The van der Waals surface area contributed by atoms with Gasteiger partial charge in [-0.1, -0.05) is 13.8 Å². The van der Waals surface area contributed by atoms with Gasteiger partial charge in [0.1, 0.15) is 5.82 Å². The summed E-state index contributed by atoms with van der Waals surface area (Å²) in [4.78, 5) is 11.2. The van der Waals surface area contributed by atoms with Crippen molar-refractivity contribution in [3.05, 3.63) is 10.7 Å². The minimum Gasteiger partial charge on any atom is -0.355 e. The average Bonchev–Trinajstić information content (AvgIpc) is 2.41. The van der Waals surface area contributed by atoms with E-state index in [4.69, 9.17) is 0 Å². The zero-order chi connectivity index (χ0) is 13.8. The maximum atomic E-state index is 4.61. The van der Waals surface area contributed by atoms with Crippen LogP contribution in [0, 0.1) is 11.8 Å². The summed E-state index contributed by atoms with van der Waals surface area (Å²) in [7, 11) is 0. The molecule has 0 atom stereocenters. The summed E-state index contributed by atoms with van der Waals surface area (Å²) < 4.78 is 0.983. The van der Waals surface area contributed by atoms with Gasteiger partial charge in [0, 0.05) is 25.8 Å². The van der Waals surface area contributed by atoms with E-state index >= 15 is 0 Å². The van der Waals surface area contributed by atoms with Crippen LogP contribution in [-0.4, -0.2) is 29.6 Å². The summed E-state index contributed by atoms with van der Waals surface area (Å²) in [6.07, 6.45) is 4.35. The van der Waals surface area contributed by atoms with E-state index in [0.717, 1.165) is 41.8 Å². The number of nitrogens with zero attached hydrogens (tertiary/aromatic N) is 3. The molecule has 1 aromatic heterocycles. The smallest absolute Gasteiger partial charge is 0.224 e. The van der Waals surface area contributed by atoms with Gasteiger partial charge in [-0.15, -0.1) is 0 Å². The Bertz CT molecular complexity index is 414. The van der Waals surface area contributed by atoms with E-state index < -0.39 is 0 Å². The fourth-order valence-corrected chi connectivity index (χ4v) is 3.04. The average molecular weight is 327 g/mol. The number of hydrogen-bond acceptors (Lipinski definition) is 4. The highest BCUT2D eigenvalue weighted by Crippen LogP contribution is 2.30. The second-order valence-corrected chi connectivity index (χ2v) is 6.32. The standard InChI is InChI=1S/C14H23BrN4/c1-4-16-14-17-9-12(15)13(18-14)19-7-5-11(6-8-19)10(2)3/h9-11H,4-8H2,1-3H3,(H,16,17,18). The maximum absolute atomic E-state index is 4.61. The molecule has 0 unspecified atom stereocenters. The summed E-state index contributed by atoms with van der Waals surface area (Å²) in [6, 6.07) is 0. The Kier molecular flexibility index (Phi) is 5.02. The van der Waals surface area contributed by atoms with Crippen LogP contribution >= 0.6 is 15.9 Å². The number of aromatic nitrogens is 2. The predicted octanol–water partition coefficient (Wildman–Crippen LogP) is 3.54. The van der Waals surface area contributed by atoms with E-state index in [-0.39, 0.29) is 0 Å². The fourth-order valence-electron chi connectivity index (χ4n) is 2.60. The van der Waals surface area contributed by atoms with Gasteiger partial charge in [-0.2, -0.15) is 4.98 Å². The highest BCUT2D eigenvalue weighted by molar-refractivity contribution is 9.10. The highest BCUT2D eigenvalue weighted by atomic mass is 79.9.